The molecule has 0 N–H and O–H groups in total. The van der Waals surface area contributed by atoms with Gasteiger partial charge in [-0.25, -0.2) is 0 Å². The summed E-state index contributed by atoms with van der Waals surface area (Å²) in [6.45, 7) is 5.56. The summed E-state index contributed by atoms with van der Waals surface area (Å²) < 4.78 is 11.8. The van der Waals surface area contributed by atoms with Crippen LogP contribution in [0.1, 0.15) is 57.4 Å². The van der Waals surface area contributed by atoms with Crippen molar-refractivity contribution in [3.63, 3.8) is 0 Å². The molecule has 1 aliphatic carbocycles. The molecule has 1 fully saturated rings. The van der Waals surface area contributed by atoms with Crippen molar-refractivity contribution in [2.75, 3.05) is 13.2 Å². The van der Waals surface area contributed by atoms with Crippen molar-refractivity contribution >= 4 is 14.5 Å². The van der Waals surface area contributed by atoms with Gasteiger partial charge in [-0.05, 0) is 43.4 Å². The molecule has 1 aromatic carbocycles. The first kappa shape index (κ1) is 14.8. The van der Waals surface area contributed by atoms with Crippen molar-refractivity contribution < 1.29 is 8.85 Å². The molecule has 0 saturated heterocycles. The van der Waals surface area contributed by atoms with Crippen LogP contribution in [-0.2, 0) is 8.85 Å². The van der Waals surface area contributed by atoms with E-state index in [0.29, 0.717) is 5.92 Å². The van der Waals surface area contributed by atoms with Crippen molar-refractivity contribution in [2.24, 2.45) is 0 Å². The van der Waals surface area contributed by atoms with Crippen molar-refractivity contribution in [3.05, 3.63) is 29.8 Å². The van der Waals surface area contributed by atoms with Gasteiger partial charge < -0.3 is 8.85 Å². The number of hydrogen-bond acceptors (Lipinski definition) is 2. The Morgan fingerprint density at radius 3 is 2.26 bits per heavy atom. The second-order valence-corrected chi connectivity index (χ2v) is 6.77. The molecule has 0 amide bonds. The van der Waals surface area contributed by atoms with Crippen LogP contribution in [0.2, 0.25) is 0 Å². The zero-order valence-corrected chi connectivity index (χ0v) is 13.2. The number of benzene rings is 1. The lowest BCUT2D eigenvalue weighted by Gasteiger charge is -2.26. The first-order valence-electron chi connectivity index (χ1n) is 7.58. The molecular weight excluding hydrogens is 252 g/mol. The summed E-state index contributed by atoms with van der Waals surface area (Å²) in [7, 11) is -1.30. The molecule has 3 heteroatoms. The highest BCUT2D eigenvalue weighted by molar-refractivity contribution is 6.61. The third kappa shape index (κ3) is 3.91. The Morgan fingerprint density at radius 2 is 1.63 bits per heavy atom. The molecule has 1 aromatic rings. The Morgan fingerprint density at radius 1 is 1.00 bits per heavy atom. The van der Waals surface area contributed by atoms with Crippen molar-refractivity contribution in [1.29, 1.82) is 0 Å². The first-order valence-corrected chi connectivity index (χ1v) is 8.90. The van der Waals surface area contributed by atoms with E-state index in [2.05, 4.69) is 24.3 Å². The topological polar surface area (TPSA) is 18.5 Å². The molecule has 1 aliphatic rings. The lowest BCUT2D eigenvalue weighted by Crippen LogP contribution is -2.40. The molecule has 19 heavy (non-hydrogen) atoms. The van der Waals surface area contributed by atoms with Gasteiger partial charge in [0.2, 0.25) is 0 Å². The predicted molar refractivity (Wildman–Crippen MR) is 80.9 cm³/mol. The van der Waals surface area contributed by atoms with Gasteiger partial charge in [0, 0.05) is 13.2 Å². The highest BCUT2D eigenvalue weighted by Crippen LogP contribution is 2.31. The SMILES string of the molecule is CCO[Si](OCC)c1ccccc1C1CCCCC1. The van der Waals surface area contributed by atoms with Crippen LogP contribution in [0.15, 0.2) is 24.3 Å². The molecule has 2 nitrogen and oxygen atoms in total. The minimum Gasteiger partial charge on any atom is -0.390 e. The molecule has 0 bridgehead atoms. The Kier molecular flexibility index (Phi) is 6.08. The lowest BCUT2D eigenvalue weighted by atomic mass is 9.84. The second kappa shape index (κ2) is 7.83. The molecule has 2 rings (SSSR count). The zero-order chi connectivity index (χ0) is 13.5. The van der Waals surface area contributed by atoms with Gasteiger partial charge in [-0.15, -0.1) is 0 Å². The minimum absolute atomic E-state index is 0.714. The molecular formula is C16H25O2Si. The highest BCUT2D eigenvalue weighted by Gasteiger charge is 2.26. The maximum Gasteiger partial charge on any atom is 0.423 e. The van der Waals surface area contributed by atoms with E-state index in [-0.39, 0.29) is 0 Å². The van der Waals surface area contributed by atoms with E-state index in [9.17, 15) is 0 Å². The monoisotopic (exact) mass is 277 g/mol. The van der Waals surface area contributed by atoms with E-state index in [4.69, 9.17) is 8.85 Å². The Bertz CT molecular complexity index is 369. The smallest absolute Gasteiger partial charge is 0.390 e. The average Bonchev–Trinajstić information content (AvgIpc) is 2.48. The maximum absolute atomic E-state index is 5.88. The molecule has 105 valence electrons. The maximum atomic E-state index is 5.88. The van der Waals surface area contributed by atoms with Gasteiger partial charge in [0.05, 0.1) is 0 Å². The van der Waals surface area contributed by atoms with Crippen LogP contribution in [0.5, 0.6) is 0 Å². The third-order valence-electron chi connectivity index (χ3n) is 3.78. The van der Waals surface area contributed by atoms with Crippen LogP contribution in [0.3, 0.4) is 0 Å². The average molecular weight is 277 g/mol. The van der Waals surface area contributed by atoms with Gasteiger partial charge in [0.25, 0.3) is 0 Å². The molecule has 1 radical (unpaired) electrons. The molecule has 0 aliphatic heterocycles. The summed E-state index contributed by atoms with van der Waals surface area (Å²) >= 11 is 0. The predicted octanol–water partition coefficient (Wildman–Crippen LogP) is 3.50. The van der Waals surface area contributed by atoms with Crippen LogP contribution < -0.4 is 5.19 Å². The van der Waals surface area contributed by atoms with Crippen molar-refractivity contribution in [2.45, 2.75) is 51.9 Å². The standard InChI is InChI=1S/C16H25O2Si/c1-3-17-19(18-4-2)16-13-9-8-12-15(16)14-10-6-5-7-11-14/h8-9,12-14H,3-7,10-11H2,1-2H3. The van der Waals surface area contributed by atoms with Gasteiger partial charge in [-0.1, -0.05) is 43.5 Å². The Hall–Kier alpha value is -0.643. The van der Waals surface area contributed by atoms with E-state index < -0.39 is 9.28 Å². The fraction of sp³-hybridized carbons (Fsp3) is 0.625. The fourth-order valence-corrected chi connectivity index (χ4v) is 4.59. The summed E-state index contributed by atoms with van der Waals surface area (Å²) in [6.07, 6.45) is 6.77. The van der Waals surface area contributed by atoms with E-state index >= 15 is 0 Å². The van der Waals surface area contributed by atoms with Crippen LogP contribution in [-0.4, -0.2) is 22.5 Å². The molecule has 0 atom stereocenters. The molecule has 0 heterocycles. The third-order valence-corrected chi connectivity index (χ3v) is 5.77. The second-order valence-electron chi connectivity index (χ2n) is 5.08. The summed E-state index contributed by atoms with van der Waals surface area (Å²) in [5, 5.41) is 1.34. The van der Waals surface area contributed by atoms with Gasteiger partial charge >= 0.3 is 9.28 Å². The van der Waals surface area contributed by atoms with E-state index in [1.807, 2.05) is 13.8 Å². The van der Waals surface area contributed by atoms with Crippen LogP contribution in [0.4, 0.5) is 0 Å². The van der Waals surface area contributed by atoms with E-state index in [0.717, 1.165) is 13.2 Å². The fourth-order valence-electron chi connectivity index (χ4n) is 2.91. The van der Waals surface area contributed by atoms with Gasteiger partial charge in [-0.2, -0.15) is 0 Å². The largest absolute Gasteiger partial charge is 0.423 e. The number of rotatable bonds is 6. The zero-order valence-electron chi connectivity index (χ0n) is 12.2. The Balaban J connectivity index is 2.22. The summed E-state index contributed by atoms with van der Waals surface area (Å²) in [6, 6.07) is 8.77. The first-order chi connectivity index (χ1) is 9.36. The molecule has 0 spiro atoms. The van der Waals surface area contributed by atoms with E-state index in [1.165, 1.54) is 42.9 Å². The minimum atomic E-state index is -1.30. The van der Waals surface area contributed by atoms with Gasteiger partial charge in [-0.3, -0.25) is 0 Å². The lowest BCUT2D eigenvalue weighted by molar-refractivity contribution is 0.225. The quantitative estimate of drug-likeness (QED) is 0.741. The van der Waals surface area contributed by atoms with E-state index in [1.54, 1.807) is 0 Å². The molecule has 0 unspecified atom stereocenters. The van der Waals surface area contributed by atoms with Gasteiger partial charge in [0.1, 0.15) is 0 Å². The number of hydrogen-bond donors (Lipinski definition) is 0. The van der Waals surface area contributed by atoms with Crippen LogP contribution >= 0.6 is 0 Å². The normalized spacial score (nSPS) is 17.0. The molecule has 1 saturated carbocycles. The highest BCUT2D eigenvalue weighted by atomic mass is 28.3. The Labute approximate surface area is 119 Å². The van der Waals surface area contributed by atoms with Gasteiger partial charge in [0.15, 0.2) is 0 Å². The summed E-state index contributed by atoms with van der Waals surface area (Å²) in [4.78, 5) is 0. The van der Waals surface area contributed by atoms with Crippen LogP contribution in [0, 0.1) is 0 Å². The van der Waals surface area contributed by atoms with Crippen molar-refractivity contribution in [1.82, 2.24) is 0 Å². The summed E-state index contributed by atoms with van der Waals surface area (Å²) in [5.41, 5.74) is 1.48. The van der Waals surface area contributed by atoms with Crippen molar-refractivity contribution in [3.8, 4) is 0 Å². The molecule has 0 aromatic heterocycles. The van der Waals surface area contributed by atoms with Crippen LogP contribution in [0.25, 0.3) is 0 Å². The summed E-state index contributed by atoms with van der Waals surface area (Å²) in [5.74, 6) is 0.714.